The van der Waals surface area contributed by atoms with Crippen molar-refractivity contribution in [2.45, 2.75) is 34.6 Å². The van der Waals surface area contributed by atoms with Gasteiger partial charge in [0.1, 0.15) is 0 Å². The molecule has 2 nitrogen and oxygen atoms in total. The van der Waals surface area contributed by atoms with Crippen molar-refractivity contribution in [2.75, 3.05) is 6.61 Å². The van der Waals surface area contributed by atoms with Crippen LogP contribution in [0.15, 0.2) is 12.3 Å². The van der Waals surface area contributed by atoms with Gasteiger partial charge in [-0.2, -0.15) is 0 Å². The van der Waals surface area contributed by atoms with Crippen molar-refractivity contribution >= 4 is 5.78 Å². The first-order valence-electron chi connectivity index (χ1n) is 5.32. The number of allylic oxidation sites excluding steroid dienone is 1. The minimum Gasteiger partial charge on any atom is -0.501 e. The number of carbonyl (C=O) groups excluding carboxylic acids is 1. The molecule has 0 aliphatic carbocycles. The van der Waals surface area contributed by atoms with Crippen molar-refractivity contribution in [3.8, 4) is 0 Å². The predicted octanol–water partition coefficient (Wildman–Crippen LogP) is 3.03. The molecule has 82 valence electrons. The van der Waals surface area contributed by atoms with Gasteiger partial charge in [0.15, 0.2) is 5.78 Å². The van der Waals surface area contributed by atoms with Crippen molar-refractivity contribution in [2.24, 2.45) is 17.8 Å². The molecule has 0 N–H and O–H groups in total. The van der Waals surface area contributed by atoms with E-state index in [9.17, 15) is 4.79 Å². The number of rotatable bonds is 6. The lowest BCUT2D eigenvalue weighted by molar-refractivity contribution is -0.120. The lowest BCUT2D eigenvalue weighted by Gasteiger charge is -2.21. The Morgan fingerprint density at radius 1 is 1.21 bits per heavy atom. The van der Waals surface area contributed by atoms with Crippen molar-refractivity contribution < 1.29 is 9.53 Å². The Hall–Kier alpha value is -0.790. The van der Waals surface area contributed by atoms with Crippen LogP contribution in [0.1, 0.15) is 34.6 Å². The van der Waals surface area contributed by atoms with E-state index in [4.69, 9.17) is 4.74 Å². The zero-order valence-electron chi connectivity index (χ0n) is 9.91. The normalized spacial score (nSPS) is 12.0. The van der Waals surface area contributed by atoms with Crippen molar-refractivity contribution in [1.29, 1.82) is 0 Å². The van der Waals surface area contributed by atoms with Crippen LogP contribution in [0.2, 0.25) is 0 Å². The molecule has 0 aliphatic rings. The predicted molar refractivity (Wildman–Crippen MR) is 58.9 cm³/mol. The molecule has 2 heteroatoms. The highest BCUT2D eigenvalue weighted by molar-refractivity contribution is 5.91. The van der Waals surface area contributed by atoms with E-state index in [2.05, 4.69) is 27.7 Å². The van der Waals surface area contributed by atoms with Gasteiger partial charge in [0.2, 0.25) is 0 Å². The van der Waals surface area contributed by atoms with Crippen molar-refractivity contribution in [3.63, 3.8) is 0 Å². The number of ether oxygens (including phenoxy) is 1. The summed E-state index contributed by atoms with van der Waals surface area (Å²) in [6.07, 6.45) is 3.05. The van der Waals surface area contributed by atoms with Crippen LogP contribution in [0, 0.1) is 17.8 Å². The maximum atomic E-state index is 11.7. The highest BCUT2D eigenvalue weighted by Gasteiger charge is 2.23. The lowest BCUT2D eigenvalue weighted by atomic mass is 9.82. The summed E-state index contributed by atoms with van der Waals surface area (Å²) in [7, 11) is 0. The monoisotopic (exact) mass is 198 g/mol. The summed E-state index contributed by atoms with van der Waals surface area (Å²) in [5.74, 6) is 1.04. The zero-order chi connectivity index (χ0) is 11.1. The van der Waals surface area contributed by atoms with Gasteiger partial charge in [-0.3, -0.25) is 4.79 Å². The highest BCUT2D eigenvalue weighted by Crippen LogP contribution is 2.21. The molecule has 14 heavy (non-hydrogen) atoms. The molecular formula is C12H22O2. The molecule has 0 aromatic rings. The van der Waals surface area contributed by atoms with Gasteiger partial charge in [-0.25, -0.2) is 0 Å². The minimum atomic E-state index is 0.103. The molecule has 0 rings (SSSR count). The van der Waals surface area contributed by atoms with Crippen molar-refractivity contribution in [3.05, 3.63) is 12.3 Å². The first-order valence-corrected chi connectivity index (χ1v) is 5.32. The molecule has 0 aliphatic heterocycles. The molecule has 0 saturated heterocycles. The topological polar surface area (TPSA) is 26.3 Å². The van der Waals surface area contributed by atoms with Gasteiger partial charge < -0.3 is 4.74 Å². The Balaban J connectivity index is 4.30. The summed E-state index contributed by atoms with van der Waals surface area (Å²) in [4.78, 5) is 11.7. The van der Waals surface area contributed by atoms with Gasteiger partial charge in [-0.15, -0.1) is 0 Å². The first-order chi connectivity index (χ1) is 6.50. The fourth-order valence-electron chi connectivity index (χ4n) is 1.75. The molecule has 0 heterocycles. The Bertz CT molecular complexity index is 184. The largest absolute Gasteiger partial charge is 0.501 e. The minimum absolute atomic E-state index is 0.103. The van der Waals surface area contributed by atoms with Crippen LogP contribution in [0.5, 0.6) is 0 Å². The molecule has 0 fully saturated rings. The van der Waals surface area contributed by atoms with E-state index in [1.165, 1.54) is 6.26 Å². The summed E-state index contributed by atoms with van der Waals surface area (Å²) in [5.41, 5.74) is 0. The molecule has 0 atom stereocenters. The van der Waals surface area contributed by atoms with Crippen LogP contribution in [-0.4, -0.2) is 12.4 Å². The highest BCUT2D eigenvalue weighted by atomic mass is 16.5. The summed E-state index contributed by atoms with van der Waals surface area (Å²) in [6.45, 7) is 10.8. The van der Waals surface area contributed by atoms with Gasteiger partial charge in [0.25, 0.3) is 0 Å². The number of hydrogen-bond donors (Lipinski definition) is 0. The van der Waals surface area contributed by atoms with Crippen LogP contribution in [0.4, 0.5) is 0 Å². The summed E-state index contributed by atoms with van der Waals surface area (Å²) in [5, 5.41) is 0. The number of carbonyl (C=O) groups is 1. The Morgan fingerprint density at radius 2 is 1.71 bits per heavy atom. The smallest absolute Gasteiger partial charge is 0.162 e. The average molecular weight is 198 g/mol. The second-order valence-corrected chi connectivity index (χ2v) is 4.17. The third-order valence-electron chi connectivity index (χ3n) is 2.26. The quantitative estimate of drug-likeness (QED) is 0.484. The molecule has 0 unspecified atom stereocenters. The standard InChI is InChI=1S/C12H22O2/c1-6-14-8-7-11(13)12(9(2)3)10(4)5/h7-10,12H,6H2,1-5H3/b8-7+. The second kappa shape index (κ2) is 6.63. The van der Waals surface area contributed by atoms with E-state index in [1.807, 2.05) is 6.92 Å². The Kier molecular flexibility index (Phi) is 6.26. The fraction of sp³-hybridized carbons (Fsp3) is 0.750. The molecule has 0 aromatic carbocycles. The van der Waals surface area contributed by atoms with Crippen molar-refractivity contribution in [1.82, 2.24) is 0 Å². The first kappa shape index (κ1) is 13.2. The average Bonchev–Trinajstić information content (AvgIpc) is 2.03. The number of hydrogen-bond acceptors (Lipinski definition) is 2. The van der Waals surface area contributed by atoms with Crippen LogP contribution in [-0.2, 0) is 9.53 Å². The molecule has 0 aromatic heterocycles. The SMILES string of the molecule is CCO/C=C/C(=O)C(C(C)C)C(C)C. The fourth-order valence-corrected chi connectivity index (χ4v) is 1.75. The van der Waals surface area contributed by atoms with Gasteiger partial charge >= 0.3 is 0 Å². The summed E-state index contributed by atoms with van der Waals surface area (Å²) in [6, 6.07) is 0. The molecule has 0 spiro atoms. The lowest BCUT2D eigenvalue weighted by Crippen LogP contribution is -2.24. The maximum absolute atomic E-state index is 11.7. The van der Waals surface area contributed by atoms with Crippen LogP contribution in [0.25, 0.3) is 0 Å². The third kappa shape index (κ3) is 4.45. The Morgan fingerprint density at radius 3 is 2.07 bits per heavy atom. The molecule has 0 saturated carbocycles. The van der Waals surface area contributed by atoms with Gasteiger partial charge in [-0.05, 0) is 18.8 Å². The molecule has 0 radical (unpaired) electrons. The third-order valence-corrected chi connectivity index (χ3v) is 2.26. The van der Waals surface area contributed by atoms with Gasteiger partial charge in [-0.1, -0.05) is 27.7 Å². The van der Waals surface area contributed by atoms with Crippen LogP contribution >= 0.6 is 0 Å². The second-order valence-electron chi connectivity index (χ2n) is 4.17. The molecule has 0 amide bonds. The van der Waals surface area contributed by atoms with E-state index in [-0.39, 0.29) is 11.7 Å². The molecular weight excluding hydrogens is 176 g/mol. The van der Waals surface area contributed by atoms with Gasteiger partial charge in [0.05, 0.1) is 12.9 Å². The van der Waals surface area contributed by atoms with E-state index in [1.54, 1.807) is 6.08 Å². The van der Waals surface area contributed by atoms with Crippen LogP contribution < -0.4 is 0 Å². The van der Waals surface area contributed by atoms with Gasteiger partial charge in [0, 0.05) is 12.0 Å². The van der Waals surface area contributed by atoms with E-state index in [0.29, 0.717) is 18.4 Å². The molecule has 0 bridgehead atoms. The van der Waals surface area contributed by atoms with E-state index in [0.717, 1.165) is 0 Å². The maximum Gasteiger partial charge on any atom is 0.162 e. The summed E-state index contributed by atoms with van der Waals surface area (Å²) < 4.78 is 5.01. The van der Waals surface area contributed by atoms with E-state index >= 15 is 0 Å². The number of ketones is 1. The Labute approximate surface area is 87.3 Å². The van der Waals surface area contributed by atoms with Crippen LogP contribution in [0.3, 0.4) is 0 Å². The summed E-state index contributed by atoms with van der Waals surface area (Å²) >= 11 is 0. The zero-order valence-corrected chi connectivity index (χ0v) is 9.91. The van der Waals surface area contributed by atoms with E-state index < -0.39 is 0 Å².